The zero-order valence-electron chi connectivity index (χ0n) is 9.84. The molecule has 0 heterocycles. The van der Waals surface area contributed by atoms with Crippen LogP contribution in [-0.2, 0) is 6.54 Å². The highest BCUT2D eigenvalue weighted by atomic mass is 19.3. The summed E-state index contributed by atoms with van der Waals surface area (Å²) in [6.07, 6.45) is -2.54. The predicted molar refractivity (Wildman–Crippen MR) is 65.1 cm³/mol. The Morgan fingerprint density at radius 1 is 1.00 bits per heavy atom. The van der Waals surface area contributed by atoms with Gasteiger partial charge in [0.25, 0.3) is 6.43 Å². The van der Waals surface area contributed by atoms with Crippen molar-refractivity contribution >= 4 is 5.69 Å². The summed E-state index contributed by atoms with van der Waals surface area (Å²) >= 11 is 0. The van der Waals surface area contributed by atoms with Crippen LogP contribution in [0.5, 0.6) is 0 Å². The van der Waals surface area contributed by atoms with Gasteiger partial charge in [0.15, 0.2) is 0 Å². The standard InChI is InChI=1S/C14H11F4N/c15-11-4-5-13(12(16)7-11)19-8-9-2-1-3-10(6-9)14(17)18/h1-7,14,19H,8H2. The molecule has 0 saturated heterocycles. The largest absolute Gasteiger partial charge is 0.379 e. The number of hydrogen-bond acceptors (Lipinski definition) is 1. The quantitative estimate of drug-likeness (QED) is 0.805. The Kier molecular flexibility index (Phi) is 4.04. The molecule has 2 rings (SSSR count). The van der Waals surface area contributed by atoms with Gasteiger partial charge >= 0.3 is 0 Å². The molecule has 0 spiro atoms. The molecule has 1 nitrogen and oxygen atoms in total. The number of halogens is 4. The molecule has 0 unspecified atom stereocenters. The van der Waals surface area contributed by atoms with E-state index in [2.05, 4.69) is 5.32 Å². The lowest BCUT2D eigenvalue weighted by molar-refractivity contribution is 0.151. The van der Waals surface area contributed by atoms with Crippen LogP contribution in [0.25, 0.3) is 0 Å². The molecule has 0 fully saturated rings. The second-order valence-electron chi connectivity index (χ2n) is 4.02. The van der Waals surface area contributed by atoms with Crippen LogP contribution >= 0.6 is 0 Å². The van der Waals surface area contributed by atoms with E-state index in [1.807, 2.05) is 0 Å². The number of nitrogens with one attached hydrogen (secondary N) is 1. The SMILES string of the molecule is Fc1ccc(NCc2cccc(C(F)F)c2)c(F)c1. The smallest absolute Gasteiger partial charge is 0.263 e. The summed E-state index contributed by atoms with van der Waals surface area (Å²) in [4.78, 5) is 0. The fourth-order valence-corrected chi connectivity index (χ4v) is 1.67. The Hall–Kier alpha value is -2.04. The molecule has 5 heteroatoms. The van der Waals surface area contributed by atoms with E-state index in [4.69, 9.17) is 0 Å². The monoisotopic (exact) mass is 269 g/mol. The summed E-state index contributed by atoms with van der Waals surface area (Å²) in [5.41, 5.74) is 0.643. The average Bonchev–Trinajstić information content (AvgIpc) is 2.38. The first-order valence-corrected chi connectivity index (χ1v) is 5.62. The van der Waals surface area contributed by atoms with Crippen molar-refractivity contribution in [3.8, 4) is 0 Å². The molecule has 0 aliphatic heterocycles. The highest BCUT2D eigenvalue weighted by Crippen LogP contribution is 2.21. The van der Waals surface area contributed by atoms with Crippen molar-refractivity contribution in [2.45, 2.75) is 13.0 Å². The summed E-state index contributed by atoms with van der Waals surface area (Å²) in [5.74, 6) is -1.38. The summed E-state index contributed by atoms with van der Waals surface area (Å²) in [6, 6.07) is 8.99. The maximum absolute atomic E-state index is 13.3. The van der Waals surface area contributed by atoms with E-state index >= 15 is 0 Å². The first kappa shape index (κ1) is 13.4. The summed E-state index contributed by atoms with van der Waals surface area (Å²) in [7, 11) is 0. The molecule has 19 heavy (non-hydrogen) atoms. The highest BCUT2D eigenvalue weighted by Gasteiger charge is 2.07. The molecular weight excluding hydrogens is 258 g/mol. The van der Waals surface area contributed by atoms with E-state index in [9.17, 15) is 17.6 Å². The normalized spacial score (nSPS) is 10.8. The molecule has 2 aromatic carbocycles. The van der Waals surface area contributed by atoms with E-state index in [1.165, 1.54) is 24.3 Å². The number of anilines is 1. The Morgan fingerprint density at radius 3 is 2.47 bits per heavy atom. The third-order valence-electron chi connectivity index (χ3n) is 2.62. The lowest BCUT2D eigenvalue weighted by Crippen LogP contribution is -2.02. The first-order valence-electron chi connectivity index (χ1n) is 5.62. The third kappa shape index (κ3) is 3.47. The molecule has 0 aliphatic rings. The van der Waals surface area contributed by atoms with Crippen molar-refractivity contribution in [1.82, 2.24) is 0 Å². The van der Waals surface area contributed by atoms with Crippen LogP contribution in [0, 0.1) is 11.6 Å². The zero-order chi connectivity index (χ0) is 13.8. The maximum atomic E-state index is 13.3. The van der Waals surface area contributed by atoms with Crippen molar-refractivity contribution in [3.05, 3.63) is 65.2 Å². The van der Waals surface area contributed by atoms with Crippen LogP contribution in [0.2, 0.25) is 0 Å². The van der Waals surface area contributed by atoms with Crippen molar-refractivity contribution in [2.24, 2.45) is 0 Å². The van der Waals surface area contributed by atoms with E-state index < -0.39 is 18.1 Å². The van der Waals surface area contributed by atoms with Gasteiger partial charge < -0.3 is 5.32 Å². The van der Waals surface area contributed by atoms with Crippen molar-refractivity contribution in [2.75, 3.05) is 5.32 Å². The van der Waals surface area contributed by atoms with Gasteiger partial charge in [0.2, 0.25) is 0 Å². The number of hydrogen-bond donors (Lipinski definition) is 1. The van der Waals surface area contributed by atoms with Crippen LogP contribution in [0.1, 0.15) is 17.6 Å². The summed E-state index contributed by atoms with van der Waals surface area (Å²) in [5, 5.41) is 2.74. The third-order valence-corrected chi connectivity index (χ3v) is 2.62. The highest BCUT2D eigenvalue weighted by molar-refractivity contribution is 5.45. The lowest BCUT2D eigenvalue weighted by atomic mass is 10.1. The fraction of sp³-hybridized carbons (Fsp3) is 0.143. The molecule has 0 saturated carbocycles. The molecule has 1 N–H and O–H groups in total. The molecule has 0 amide bonds. The van der Waals surface area contributed by atoms with Crippen LogP contribution in [0.4, 0.5) is 23.2 Å². The van der Waals surface area contributed by atoms with Crippen LogP contribution in [-0.4, -0.2) is 0 Å². The van der Waals surface area contributed by atoms with Gasteiger partial charge in [0, 0.05) is 18.2 Å². The number of rotatable bonds is 4. The van der Waals surface area contributed by atoms with Crippen LogP contribution in [0.3, 0.4) is 0 Å². The van der Waals surface area contributed by atoms with Crippen molar-refractivity contribution in [1.29, 1.82) is 0 Å². The van der Waals surface area contributed by atoms with Crippen molar-refractivity contribution in [3.63, 3.8) is 0 Å². The van der Waals surface area contributed by atoms with Gasteiger partial charge in [-0.2, -0.15) is 0 Å². The Labute approximate surface area is 107 Å². The van der Waals surface area contributed by atoms with Gasteiger partial charge in [-0.25, -0.2) is 17.6 Å². The van der Waals surface area contributed by atoms with E-state index in [-0.39, 0.29) is 17.8 Å². The van der Waals surface area contributed by atoms with Gasteiger partial charge in [-0.3, -0.25) is 0 Å². The molecule has 0 bridgehead atoms. The second kappa shape index (κ2) is 5.73. The Balaban J connectivity index is 2.08. The van der Waals surface area contributed by atoms with E-state index in [0.29, 0.717) is 5.56 Å². The summed E-state index contributed by atoms with van der Waals surface area (Å²) in [6.45, 7) is 0.184. The topological polar surface area (TPSA) is 12.0 Å². The molecule has 0 aromatic heterocycles. The Morgan fingerprint density at radius 2 is 1.79 bits per heavy atom. The molecular formula is C14H11F4N. The molecule has 0 aliphatic carbocycles. The van der Waals surface area contributed by atoms with Gasteiger partial charge in [-0.15, -0.1) is 0 Å². The maximum Gasteiger partial charge on any atom is 0.263 e. The van der Waals surface area contributed by atoms with Gasteiger partial charge in [0.05, 0.1) is 5.69 Å². The van der Waals surface area contributed by atoms with E-state index in [1.54, 1.807) is 6.07 Å². The molecule has 0 atom stereocenters. The van der Waals surface area contributed by atoms with Crippen LogP contribution in [0.15, 0.2) is 42.5 Å². The number of alkyl halides is 2. The molecule has 2 aromatic rings. The molecule has 100 valence electrons. The summed E-state index contributed by atoms with van der Waals surface area (Å²) < 4.78 is 51.0. The Bertz CT molecular complexity index is 569. The molecule has 0 radical (unpaired) electrons. The van der Waals surface area contributed by atoms with Gasteiger partial charge in [0.1, 0.15) is 11.6 Å². The van der Waals surface area contributed by atoms with Crippen LogP contribution < -0.4 is 5.32 Å². The minimum Gasteiger partial charge on any atom is -0.379 e. The minimum absolute atomic E-state index is 0.0844. The van der Waals surface area contributed by atoms with Crippen molar-refractivity contribution < 1.29 is 17.6 Å². The zero-order valence-corrected chi connectivity index (χ0v) is 9.84. The minimum atomic E-state index is -2.54. The second-order valence-corrected chi connectivity index (χ2v) is 4.02. The number of benzene rings is 2. The van der Waals surface area contributed by atoms with Gasteiger partial charge in [-0.05, 0) is 23.8 Å². The fourth-order valence-electron chi connectivity index (χ4n) is 1.67. The predicted octanol–water partition coefficient (Wildman–Crippen LogP) is 4.51. The first-order chi connectivity index (χ1) is 9.06. The van der Waals surface area contributed by atoms with Gasteiger partial charge in [-0.1, -0.05) is 18.2 Å². The van der Waals surface area contributed by atoms with E-state index in [0.717, 1.165) is 12.1 Å². The average molecular weight is 269 g/mol. The lowest BCUT2D eigenvalue weighted by Gasteiger charge is -2.09.